The summed E-state index contributed by atoms with van der Waals surface area (Å²) in [6.07, 6.45) is 0.231. The Hall–Kier alpha value is -2.60. The van der Waals surface area contributed by atoms with Crippen LogP contribution in [0.4, 0.5) is 0 Å². The molecule has 2 aromatic rings. The molecular formula is C24H27CaNO10. The van der Waals surface area contributed by atoms with E-state index >= 15 is 0 Å². The minimum atomic E-state index is -1.15. The molecule has 2 aliphatic rings. The zero-order valence-corrected chi connectivity index (χ0v) is 22.7. The number of methoxy groups -OCH3 is 2. The van der Waals surface area contributed by atoms with Crippen LogP contribution in [0.5, 0.6) is 34.5 Å². The standard InChI is InChI=1S/C24H27NO10.Ca/c1-11(2)5-14(24(28)29)25-23(27)13-7-16(31-4)20-22(35-10-33-20)18(13)17-12(8-26)6-15(30-3)19-21(17)34-9-32-19;/h6-7,11,14,26H,5,8-10H2,1-4H3,(H,25,27)(H,28,29);. The molecule has 2 aromatic carbocycles. The molecule has 1 unspecified atom stereocenters. The fourth-order valence-corrected chi connectivity index (χ4v) is 4.19. The summed E-state index contributed by atoms with van der Waals surface area (Å²) in [6.45, 7) is 3.08. The Balaban J connectivity index is 0.00000361. The summed E-state index contributed by atoms with van der Waals surface area (Å²) in [5.41, 5.74) is 1.02. The first-order valence-electron chi connectivity index (χ1n) is 11.0. The molecular weight excluding hydrogens is 502 g/mol. The van der Waals surface area contributed by atoms with Crippen molar-refractivity contribution in [2.45, 2.75) is 32.9 Å². The molecule has 2 radical (unpaired) electrons. The summed E-state index contributed by atoms with van der Waals surface area (Å²) in [4.78, 5) is 25.4. The number of carboxylic acid groups (broad SMARTS) is 1. The first kappa shape index (κ1) is 28.0. The molecule has 0 saturated heterocycles. The van der Waals surface area contributed by atoms with Gasteiger partial charge < -0.3 is 44.0 Å². The number of hydrogen-bond acceptors (Lipinski definition) is 9. The Kier molecular flexibility index (Phi) is 9.04. The molecule has 2 heterocycles. The molecule has 0 spiro atoms. The zero-order chi connectivity index (χ0) is 25.3. The van der Waals surface area contributed by atoms with E-state index in [2.05, 4.69) is 5.32 Å². The van der Waals surface area contributed by atoms with E-state index in [4.69, 9.17) is 28.4 Å². The zero-order valence-electron chi connectivity index (χ0n) is 20.5. The van der Waals surface area contributed by atoms with E-state index in [9.17, 15) is 19.8 Å². The topological polar surface area (TPSA) is 142 Å². The molecule has 3 N–H and O–H groups in total. The van der Waals surface area contributed by atoms with Gasteiger partial charge >= 0.3 is 5.97 Å². The minimum absolute atomic E-state index is 0. The monoisotopic (exact) mass is 529 g/mol. The molecule has 0 saturated carbocycles. The van der Waals surface area contributed by atoms with Gasteiger partial charge in [0.15, 0.2) is 23.0 Å². The molecule has 0 bridgehead atoms. The number of carboxylic acids is 1. The molecule has 12 heteroatoms. The van der Waals surface area contributed by atoms with Crippen LogP contribution in [0.1, 0.15) is 36.2 Å². The SMILES string of the molecule is COc1cc(CO)c(-c2c(C(=O)NC(CC(C)C)C(=O)O)cc(OC)c3c2OCO3)c2c1OCO2.[Ca]. The minimum Gasteiger partial charge on any atom is -0.493 e. The smallest absolute Gasteiger partial charge is 0.326 e. The van der Waals surface area contributed by atoms with Crippen molar-refractivity contribution in [3.63, 3.8) is 0 Å². The Morgan fingerprint density at radius 2 is 1.47 bits per heavy atom. The van der Waals surface area contributed by atoms with Gasteiger partial charge in [-0.1, -0.05) is 13.8 Å². The van der Waals surface area contributed by atoms with E-state index in [0.717, 1.165) is 0 Å². The second kappa shape index (κ2) is 11.6. The first-order valence-corrected chi connectivity index (χ1v) is 11.0. The van der Waals surface area contributed by atoms with E-state index in [1.807, 2.05) is 13.8 Å². The van der Waals surface area contributed by atoms with Crippen LogP contribution in [0, 0.1) is 5.92 Å². The largest absolute Gasteiger partial charge is 0.493 e. The van der Waals surface area contributed by atoms with E-state index in [1.54, 1.807) is 6.07 Å². The average molecular weight is 530 g/mol. The second-order valence-corrected chi connectivity index (χ2v) is 8.40. The van der Waals surface area contributed by atoms with Crippen LogP contribution in [0.15, 0.2) is 12.1 Å². The number of carbonyl (C=O) groups is 2. The molecule has 1 amide bonds. The molecule has 1 atom stereocenters. The second-order valence-electron chi connectivity index (χ2n) is 8.40. The van der Waals surface area contributed by atoms with Crippen LogP contribution in [0.3, 0.4) is 0 Å². The molecule has 4 rings (SSSR count). The number of carbonyl (C=O) groups excluding carboxylic acids is 1. The summed E-state index contributed by atoms with van der Waals surface area (Å²) < 4.78 is 33.4. The fourth-order valence-electron chi connectivity index (χ4n) is 4.19. The number of aliphatic hydroxyl groups is 1. The van der Waals surface area contributed by atoms with Crippen LogP contribution < -0.4 is 33.7 Å². The third kappa shape index (κ3) is 5.10. The summed E-state index contributed by atoms with van der Waals surface area (Å²) in [6, 6.07) is 1.90. The molecule has 11 nitrogen and oxygen atoms in total. The molecule has 0 aromatic heterocycles. The van der Waals surface area contributed by atoms with Gasteiger partial charge in [-0.15, -0.1) is 0 Å². The van der Waals surface area contributed by atoms with Crippen LogP contribution in [0.2, 0.25) is 0 Å². The third-order valence-electron chi connectivity index (χ3n) is 5.71. The predicted octanol–water partition coefficient (Wildman–Crippen LogP) is 2.17. The summed E-state index contributed by atoms with van der Waals surface area (Å²) in [5.74, 6) is -0.197. The fraction of sp³-hybridized carbons (Fsp3) is 0.417. The van der Waals surface area contributed by atoms with Crippen molar-refractivity contribution in [2.24, 2.45) is 5.92 Å². The number of fused-ring (bicyclic) bond motifs is 2. The van der Waals surface area contributed by atoms with Gasteiger partial charge in [-0.05, 0) is 30.0 Å². The van der Waals surface area contributed by atoms with Gasteiger partial charge in [0.05, 0.1) is 26.4 Å². The number of ether oxygens (including phenoxy) is 6. The average Bonchev–Trinajstić information content (AvgIpc) is 3.51. The summed E-state index contributed by atoms with van der Waals surface area (Å²) in [7, 11) is 2.87. The van der Waals surface area contributed by atoms with Crippen molar-refractivity contribution in [3.05, 3.63) is 23.3 Å². The van der Waals surface area contributed by atoms with Crippen molar-refractivity contribution < 1.29 is 48.2 Å². The van der Waals surface area contributed by atoms with E-state index < -0.39 is 24.5 Å². The Labute approximate surface area is 237 Å². The maximum atomic E-state index is 13.5. The molecule has 2 aliphatic heterocycles. The van der Waals surface area contributed by atoms with Crippen molar-refractivity contribution in [1.82, 2.24) is 5.32 Å². The van der Waals surface area contributed by atoms with Crippen molar-refractivity contribution in [1.29, 1.82) is 0 Å². The Bertz CT molecular complexity index is 1170. The van der Waals surface area contributed by atoms with Gasteiger partial charge in [0.2, 0.25) is 25.1 Å². The van der Waals surface area contributed by atoms with Gasteiger partial charge in [-0.2, -0.15) is 0 Å². The van der Waals surface area contributed by atoms with Crippen molar-refractivity contribution in [3.8, 4) is 45.6 Å². The normalized spacial score (nSPS) is 13.7. The Morgan fingerprint density at radius 3 is 1.97 bits per heavy atom. The van der Waals surface area contributed by atoms with Crippen LogP contribution in [-0.4, -0.2) is 93.7 Å². The number of aliphatic hydroxyl groups excluding tert-OH is 1. The van der Waals surface area contributed by atoms with Gasteiger partial charge in [-0.3, -0.25) is 4.79 Å². The number of rotatable bonds is 9. The first-order chi connectivity index (χ1) is 16.8. The van der Waals surface area contributed by atoms with Crippen LogP contribution in [-0.2, 0) is 11.4 Å². The number of aliphatic carboxylic acids is 1. The van der Waals surface area contributed by atoms with E-state index in [-0.39, 0.29) is 97.8 Å². The number of amides is 1. The summed E-state index contributed by atoms with van der Waals surface area (Å²) >= 11 is 0. The van der Waals surface area contributed by atoms with Gasteiger partial charge in [0.1, 0.15) is 6.04 Å². The van der Waals surface area contributed by atoms with Crippen LogP contribution in [0.25, 0.3) is 11.1 Å². The third-order valence-corrected chi connectivity index (χ3v) is 5.71. The molecule has 0 aliphatic carbocycles. The maximum Gasteiger partial charge on any atom is 0.326 e. The molecule has 36 heavy (non-hydrogen) atoms. The number of hydrogen-bond donors (Lipinski definition) is 3. The Morgan fingerprint density at radius 1 is 0.944 bits per heavy atom. The molecule has 190 valence electrons. The summed E-state index contributed by atoms with van der Waals surface area (Å²) in [5, 5.41) is 22.5. The van der Waals surface area contributed by atoms with Gasteiger partial charge in [0, 0.05) is 48.9 Å². The van der Waals surface area contributed by atoms with Crippen molar-refractivity contribution >= 4 is 49.6 Å². The van der Waals surface area contributed by atoms with E-state index in [0.29, 0.717) is 22.6 Å². The van der Waals surface area contributed by atoms with E-state index in [1.165, 1.54) is 20.3 Å². The van der Waals surface area contributed by atoms with Crippen LogP contribution >= 0.6 is 0 Å². The number of benzene rings is 2. The van der Waals surface area contributed by atoms with Gasteiger partial charge in [0.25, 0.3) is 5.91 Å². The predicted molar refractivity (Wildman–Crippen MR) is 127 cm³/mol. The quantitative estimate of drug-likeness (QED) is 0.414. The molecule has 0 fully saturated rings. The maximum absolute atomic E-state index is 13.5. The van der Waals surface area contributed by atoms with Crippen molar-refractivity contribution in [2.75, 3.05) is 27.8 Å². The number of nitrogens with one attached hydrogen (secondary N) is 1. The van der Waals surface area contributed by atoms with Gasteiger partial charge in [-0.25, -0.2) is 4.79 Å².